The second-order valence-corrected chi connectivity index (χ2v) is 4.32. The minimum Gasteiger partial charge on any atom is -0.383 e. The lowest BCUT2D eigenvalue weighted by Gasteiger charge is -2.28. The molecule has 1 atom stereocenters. The van der Waals surface area contributed by atoms with Crippen molar-refractivity contribution in [2.24, 2.45) is 0 Å². The number of likely N-dealkylation sites (N-methyl/N-ethyl adjacent to an activating group) is 1. The number of rotatable bonds is 8. The van der Waals surface area contributed by atoms with E-state index in [1.165, 1.54) is 5.56 Å². The van der Waals surface area contributed by atoms with Crippen LogP contribution in [0.15, 0.2) is 30.3 Å². The van der Waals surface area contributed by atoms with E-state index in [0.29, 0.717) is 6.04 Å². The molecular weight excluding hydrogens is 212 g/mol. The van der Waals surface area contributed by atoms with Crippen LogP contribution in [0.3, 0.4) is 0 Å². The van der Waals surface area contributed by atoms with Gasteiger partial charge >= 0.3 is 0 Å². The molecule has 0 aliphatic rings. The fourth-order valence-corrected chi connectivity index (χ4v) is 1.97. The average Bonchev–Trinajstić information content (AvgIpc) is 2.37. The maximum absolute atomic E-state index is 5.33. The molecule has 0 aliphatic heterocycles. The molecule has 0 radical (unpaired) electrons. The minimum absolute atomic E-state index is 0.345. The molecule has 0 saturated carbocycles. The second kappa shape index (κ2) is 8.23. The van der Waals surface area contributed by atoms with Gasteiger partial charge in [-0.05, 0) is 39.2 Å². The quantitative estimate of drug-likeness (QED) is 0.698. The molecule has 0 aromatic heterocycles. The Morgan fingerprint density at radius 3 is 2.59 bits per heavy atom. The van der Waals surface area contributed by atoms with Gasteiger partial charge in [0, 0.05) is 7.11 Å². The molecule has 1 unspecified atom stereocenters. The Labute approximate surface area is 105 Å². The van der Waals surface area contributed by atoms with Crippen LogP contribution in [0.1, 0.15) is 18.0 Å². The van der Waals surface area contributed by atoms with Crippen LogP contribution in [-0.2, 0) is 4.74 Å². The Kier molecular flexibility index (Phi) is 6.86. The van der Waals surface area contributed by atoms with Crippen LogP contribution >= 0.6 is 0 Å². The summed E-state index contributed by atoms with van der Waals surface area (Å²) in [7, 11) is 5.91. The zero-order chi connectivity index (χ0) is 12.5. The van der Waals surface area contributed by atoms with E-state index in [1.54, 1.807) is 7.11 Å². The van der Waals surface area contributed by atoms with Crippen LogP contribution in [0.5, 0.6) is 0 Å². The van der Waals surface area contributed by atoms with Crippen LogP contribution in [0.4, 0.5) is 0 Å². The molecule has 0 spiro atoms. The van der Waals surface area contributed by atoms with Crippen molar-refractivity contribution in [2.75, 3.05) is 40.9 Å². The van der Waals surface area contributed by atoms with Gasteiger partial charge in [-0.1, -0.05) is 30.3 Å². The van der Waals surface area contributed by atoms with E-state index >= 15 is 0 Å². The van der Waals surface area contributed by atoms with E-state index in [4.69, 9.17) is 4.74 Å². The number of methoxy groups -OCH3 is 1. The molecule has 1 N–H and O–H groups in total. The van der Waals surface area contributed by atoms with E-state index in [-0.39, 0.29) is 0 Å². The average molecular weight is 236 g/mol. The van der Waals surface area contributed by atoms with Crippen molar-refractivity contribution < 1.29 is 4.74 Å². The summed E-state index contributed by atoms with van der Waals surface area (Å²) in [6.45, 7) is 2.86. The first-order valence-corrected chi connectivity index (χ1v) is 6.18. The first-order chi connectivity index (χ1) is 8.29. The van der Waals surface area contributed by atoms with Crippen LogP contribution in [-0.4, -0.2) is 45.8 Å². The van der Waals surface area contributed by atoms with Gasteiger partial charge in [-0.25, -0.2) is 0 Å². The summed E-state index contributed by atoms with van der Waals surface area (Å²) < 4.78 is 5.33. The number of hydrogen-bond acceptors (Lipinski definition) is 3. The third kappa shape index (κ3) is 4.86. The van der Waals surface area contributed by atoms with Crippen molar-refractivity contribution >= 4 is 0 Å². The van der Waals surface area contributed by atoms with Crippen molar-refractivity contribution in [2.45, 2.75) is 12.5 Å². The SMILES string of the molecule is CNCCCN(C)C(COC)c1ccccc1. The molecule has 3 nitrogen and oxygen atoms in total. The minimum atomic E-state index is 0.345. The third-order valence-corrected chi connectivity index (χ3v) is 2.98. The van der Waals surface area contributed by atoms with Crippen molar-refractivity contribution in [3.63, 3.8) is 0 Å². The van der Waals surface area contributed by atoms with Gasteiger partial charge in [0.25, 0.3) is 0 Å². The molecule has 1 aromatic rings. The summed E-state index contributed by atoms with van der Waals surface area (Å²) in [5, 5.41) is 3.18. The first kappa shape index (κ1) is 14.2. The first-order valence-electron chi connectivity index (χ1n) is 6.18. The Morgan fingerprint density at radius 1 is 1.29 bits per heavy atom. The lowest BCUT2D eigenvalue weighted by atomic mass is 10.1. The van der Waals surface area contributed by atoms with Crippen molar-refractivity contribution in [3.8, 4) is 0 Å². The number of nitrogens with zero attached hydrogens (tertiary/aromatic N) is 1. The summed E-state index contributed by atoms with van der Waals surface area (Å²) in [6, 6.07) is 10.9. The zero-order valence-corrected chi connectivity index (χ0v) is 11.1. The Morgan fingerprint density at radius 2 is 2.00 bits per heavy atom. The standard InChI is InChI=1S/C14H24N2O/c1-15-10-7-11-16(2)14(12-17-3)13-8-5-4-6-9-13/h4-6,8-9,14-15H,7,10-12H2,1-3H3. The molecule has 0 bridgehead atoms. The molecule has 1 rings (SSSR count). The number of benzene rings is 1. The summed E-state index contributed by atoms with van der Waals surface area (Å²) in [6.07, 6.45) is 1.15. The van der Waals surface area contributed by atoms with E-state index in [1.807, 2.05) is 13.1 Å². The van der Waals surface area contributed by atoms with Crippen LogP contribution in [0, 0.1) is 0 Å². The van der Waals surface area contributed by atoms with Gasteiger partial charge in [0.05, 0.1) is 12.6 Å². The smallest absolute Gasteiger partial charge is 0.0659 e. The van der Waals surface area contributed by atoms with Crippen LogP contribution in [0.2, 0.25) is 0 Å². The molecule has 17 heavy (non-hydrogen) atoms. The van der Waals surface area contributed by atoms with Crippen LogP contribution in [0.25, 0.3) is 0 Å². The molecule has 0 amide bonds. The molecule has 0 saturated heterocycles. The topological polar surface area (TPSA) is 24.5 Å². The van der Waals surface area contributed by atoms with Crippen molar-refractivity contribution in [1.29, 1.82) is 0 Å². The van der Waals surface area contributed by atoms with Gasteiger partial charge in [0.15, 0.2) is 0 Å². The molecule has 96 valence electrons. The Hall–Kier alpha value is -0.900. The predicted molar refractivity (Wildman–Crippen MR) is 72.2 cm³/mol. The summed E-state index contributed by atoms with van der Waals surface area (Å²) in [4.78, 5) is 2.36. The lowest BCUT2D eigenvalue weighted by Crippen LogP contribution is -2.30. The van der Waals surface area contributed by atoms with Crippen molar-refractivity contribution in [3.05, 3.63) is 35.9 Å². The summed E-state index contributed by atoms with van der Waals surface area (Å²) in [5.74, 6) is 0. The number of ether oxygens (including phenoxy) is 1. The molecule has 1 aromatic carbocycles. The van der Waals surface area contributed by atoms with Gasteiger partial charge < -0.3 is 10.1 Å². The normalized spacial score (nSPS) is 12.9. The highest BCUT2D eigenvalue weighted by atomic mass is 16.5. The van der Waals surface area contributed by atoms with E-state index < -0.39 is 0 Å². The molecule has 0 aliphatic carbocycles. The number of hydrogen-bond donors (Lipinski definition) is 1. The van der Waals surface area contributed by atoms with E-state index in [0.717, 1.165) is 26.1 Å². The van der Waals surface area contributed by atoms with Crippen molar-refractivity contribution in [1.82, 2.24) is 10.2 Å². The fourth-order valence-electron chi connectivity index (χ4n) is 1.97. The van der Waals surface area contributed by atoms with Gasteiger partial charge in [-0.2, -0.15) is 0 Å². The predicted octanol–water partition coefficient (Wildman–Crippen LogP) is 1.92. The fraction of sp³-hybridized carbons (Fsp3) is 0.571. The number of nitrogens with one attached hydrogen (secondary N) is 1. The Bertz CT molecular complexity index is 290. The summed E-state index contributed by atoms with van der Waals surface area (Å²) >= 11 is 0. The molecule has 0 heterocycles. The monoisotopic (exact) mass is 236 g/mol. The third-order valence-electron chi connectivity index (χ3n) is 2.98. The molecule has 0 fully saturated rings. The van der Waals surface area contributed by atoms with Gasteiger partial charge in [0.2, 0.25) is 0 Å². The Balaban J connectivity index is 2.58. The van der Waals surface area contributed by atoms with Gasteiger partial charge in [-0.15, -0.1) is 0 Å². The van der Waals surface area contributed by atoms with Gasteiger partial charge in [0.1, 0.15) is 0 Å². The highest BCUT2D eigenvalue weighted by molar-refractivity contribution is 5.19. The molecule has 3 heteroatoms. The maximum atomic E-state index is 5.33. The molecular formula is C14H24N2O. The highest BCUT2D eigenvalue weighted by Gasteiger charge is 2.15. The van der Waals surface area contributed by atoms with E-state index in [9.17, 15) is 0 Å². The van der Waals surface area contributed by atoms with Gasteiger partial charge in [-0.3, -0.25) is 4.90 Å². The maximum Gasteiger partial charge on any atom is 0.0659 e. The zero-order valence-electron chi connectivity index (χ0n) is 11.1. The van der Waals surface area contributed by atoms with Crippen LogP contribution < -0.4 is 5.32 Å². The largest absolute Gasteiger partial charge is 0.383 e. The summed E-state index contributed by atoms with van der Waals surface area (Å²) in [5.41, 5.74) is 1.32. The second-order valence-electron chi connectivity index (χ2n) is 4.32. The lowest BCUT2D eigenvalue weighted by molar-refractivity contribution is 0.106. The highest BCUT2D eigenvalue weighted by Crippen LogP contribution is 2.19. The van der Waals surface area contributed by atoms with E-state index in [2.05, 4.69) is 41.5 Å².